The Labute approximate surface area is 80.4 Å². The van der Waals surface area contributed by atoms with Gasteiger partial charge in [-0.2, -0.15) is 0 Å². The second-order valence-corrected chi connectivity index (χ2v) is 4.46. The van der Waals surface area contributed by atoms with Crippen molar-refractivity contribution in [2.24, 2.45) is 23.2 Å². The Hall–Kier alpha value is -1.10. The van der Waals surface area contributed by atoms with Crippen LogP contribution < -0.4 is 0 Å². The number of carbonyl (C=O) groups is 2. The molecule has 2 fully saturated rings. The van der Waals surface area contributed by atoms with Crippen LogP contribution in [0.3, 0.4) is 0 Å². The van der Waals surface area contributed by atoms with E-state index >= 15 is 0 Å². The van der Waals surface area contributed by atoms with E-state index in [1.165, 1.54) is 6.92 Å². The molecule has 0 saturated heterocycles. The highest BCUT2D eigenvalue weighted by Crippen LogP contribution is 2.66. The third-order valence-corrected chi connectivity index (χ3v) is 3.66. The summed E-state index contributed by atoms with van der Waals surface area (Å²) >= 11 is 0. The van der Waals surface area contributed by atoms with Gasteiger partial charge in [-0.05, 0) is 19.3 Å². The lowest BCUT2D eigenvalue weighted by Crippen LogP contribution is -2.32. The van der Waals surface area contributed by atoms with Crippen LogP contribution in [0.15, 0.2) is 0 Å². The molecule has 2 aliphatic carbocycles. The maximum absolute atomic E-state index is 11.0. The predicted octanol–water partition coefficient (Wildman–Crippen LogP) is -0.211. The van der Waals surface area contributed by atoms with Crippen molar-refractivity contribution in [1.82, 2.24) is 0 Å². The summed E-state index contributed by atoms with van der Waals surface area (Å²) in [6.07, 6.45) is -0.608. The molecule has 0 amide bonds. The van der Waals surface area contributed by atoms with E-state index < -0.39 is 35.3 Å². The first-order valence-corrected chi connectivity index (χ1v) is 4.54. The quantitative estimate of drug-likeness (QED) is 0.573. The predicted molar refractivity (Wildman–Crippen MR) is 44.5 cm³/mol. The molecule has 0 unspecified atom stereocenters. The fraction of sp³-hybridized carbons (Fsp3) is 0.778. The second kappa shape index (κ2) is 2.48. The molecule has 0 spiro atoms. The van der Waals surface area contributed by atoms with Crippen molar-refractivity contribution in [3.63, 3.8) is 0 Å². The van der Waals surface area contributed by atoms with Crippen LogP contribution in [0.2, 0.25) is 0 Å². The molecule has 0 radical (unpaired) electrons. The smallest absolute Gasteiger partial charge is 0.309 e. The van der Waals surface area contributed by atoms with Crippen LogP contribution in [0.5, 0.6) is 0 Å². The van der Waals surface area contributed by atoms with E-state index in [1.54, 1.807) is 0 Å². The Kier molecular flexibility index (Phi) is 1.67. The summed E-state index contributed by atoms with van der Waals surface area (Å²) < 4.78 is 0. The van der Waals surface area contributed by atoms with Gasteiger partial charge in [0.15, 0.2) is 0 Å². The van der Waals surface area contributed by atoms with E-state index in [0.717, 1.165) is 0 Å². The Morgan fingerprint density at radius 2 is 1.93 bits per heavy atom. The van der Waals surface area contributed by atoms with E-state index in [1.807, 2.05) is 0 Å². The van der Waals surface area contributed by atoms with Gasteiger partial charge < -0.3 is 15.3 Å². The molecular weight excluding hydrogens is 188 g/mol. The third kappa shape index (κ3) is 0.930. The maximum Gasteiger partial charge on any atom is 0.309 e. The first kappa shape index (κ1) is 9.45. The van der Waals surface area contributed by atoms with Gasteiger partial charge in [0, 0.05) is 5.92 Å². The van der Waals surface area contributed by atoms with Crippen LogP contribution in [0.4, 0.5) is 0 Å². The van der Waals surface area contributed by atoms with Gasteiger partial charge in [-0.1, -0.05) is 0 Å². The number of hydrogen-bond donors (Lipinski definition) is 3. The van der Waals surface area contributed by atoms with Gasteiger partial charge in [-0.15, -0.1) is 0 Å². The topological polar surface area (TPSA) is 94.8 Å². The van der Waals surface area contributed by atoms with Crippen LogP contribution in [-0.2, 0) is 9.59 Å². The summed E-state index contributed by atoms with van der Waals surface area (Å²) in [5.41, 5.74) is -1.06. The normalized spacial score (nSPS) is 49.9. The molecule has 0 aromatic carbocycles. The molecule has 5 heteroatoms. The van der Waals surface area contributed by atoms with Gasteiger partial charge in [0.2, 0.25) is 0 Å². The summed E-state index contributed by atoms with van der Waals surface area (Å²) in [4.78, 5) is 21.7. The summed E-state index contributed by atoms with van der Waals surface area (Å²) in [7, 11) is 0. The SMILES string of the molecule is C[C@@]1(C(=O)O)C[C@H](O)[C@H]2[C@H](C(=O)O)[C@H]21. The number of hydrogen-bond acceptors (Lipinski definition) is 3. The summed E-state index contributed by atoms with van der Waals surface area (Å²) in [6, 6.07) is 0. The largest absolute Gasteiger partial charge is 0.481 e. The Morgan fingerprint density at radius 3 is 2.29 bits per heavy atom. The molecule has 5 atom stereocenters. The van der Waals surface area contributed by atoms with Crippen molar-refractivity contribution in [3.05, 3.63) is 0 Å². The fourth-order valence-corrected chi connectivity index (χ4v) is 2.89. The molecule has 0 aliphatic heterocycles. The molecule has 3 N–H and O–H groups in total. The van der Waals surface area contributed by atoms with E-state index in [4.69, 9.17) is 10.2 Å². The molecule has 5 nitrogen and oxygen atoms in total. The monoisotopic (exact) mass is 200 g/mol. The molecule has 14 heavy (non-hydrogen) atoms. The zero-order valence-corrected chi connectivity index (χ0v) is 7.67. The van der Waals surface area contributed by atoms with Crippen LogP contribution in [-0.4, -0.2) is 33.4 Å². The molecule has 78 valence electrons. The summed E-state index contributed by atoms with van der Waals surface area (Å²) in [5, 5.41) is 27.3. The summed E-state index contributed by atoms with van der Waals surface area (Å²) in [5.74, 6) is -3.42. The summed E-state index contributed by atoms with van der Waals surface area (Å²) in [6.45, 7) is 1.52. The average Bonchev–Trinajstić information content (AvgIpc) is 2.72. The van der Waals surface area contributed by atoms with Crippen molar-refractivity contribution in [2.45, 2.75) is 19.4 Å². The lowest BCUT2D eigenvalue weighted by atomic mass is 9.82. The minimum Gasteiger partial charge on any atom is -0.481 e. The van der Waals surface area contributed by atoms with Crippen LogP contribution in [0.1, 0.15) is 13.3 Å². The lowest BCUT2D eigenvalue weighted by Gasteiger charge is -2.22. The lowest BCUT2D eigenvalue weighted by molar-refractivity contribution is -0.151. The first-order chi connectivity index (χ1) is 6.39. The van der Waals surface area contributed by atoms with Crippen molar-refractivity contribution >= 4 is 11.9 Å². The van der Waals surface area contributed by atoms with Crippen LogP contribution in [0, 0.1) is 23.2 Å². The number of aliphatic hydroxyl groups is 1. The van der Waals surface area contributed by atoms with Crippen LogP contribution >= 0.6 is 0 Å². The highest BCUT2D eigenvalue weighted by Gasteiger charge is 2.73. The minimum absolute atomic E-state index is 0.168. The molecule has 2 rings (SSSR count). The Balaban J connectivity index is 2.26. The number of carboxylic acids is 2. The number of fused-ring (bicyclic) bond motifs is 1. The molecule has 0 aromatic heterocycles. The minimum atomic E-state index is -1.06. The molecule has 2 saturated carbocycles. The van der Waals surface area contributed by atoms with Crippen molar-refractivity contribution in [1.29, 1.82) is 0 Å². The van der Waals surface area contributed by atoms with Gasteiger partial charge >= 0.3 is 11.9 Å². The zero-order valence-electron chi connectivity index (χ0n) is 7.67. The zero-order chi connectivity index (χ0) is 10.7. The second-order valence-electron chi connectivity index (χ2n) is 4.46. The molecular formula is C9H12O5. The third-order valence-electron chi connectivity index (χ3n) is 3.66. The molecule has 0 aromatic rings. The van der Waals surface area contributed by atoms with Crippen molar-refractivity contribution in [2.75, 3.05) is 0 Å². The van der Waals surface area contributed by atoms with Gasteiger partial charge in [0.05, 0.1) is 17.4 Å². The van der Waals surface area contributed by atoms with E-state index in [0.29, 0.717) is 0 Å². The molecule has 0 bridgehead atoms. The van der Waals surface area contributed by atoms with Gasteiger partial charge in [0.1, 0.15) is 0 Å². The van der Waals surface area contributed by atoms with Gasteiger partial charge in [0.25, 0.3) is 0 Å². The standard InChI is InChI=1S/C9H12O5/c1-9(8(13)14)2-3(10)4-5(6(4)9)7(11)12/h3-6,10H,2H2,1H3,(H,11,12)(H,13,14)/t3-,4-,5-,6-,9+/m0/s1. The Morgan fingerprint density at radius 1 is 1.36 bits per heavy atom. The van der Waals surface area contributed by atoms with E-state index in [2.05, 4.69) is 0 Å². The average molecular weight is 200 g/mol. The Bertz CT molecular complexity index is 312. The molecule has 2 aliphatic rings. The molecule has 0 heterocycles. The van der Waals surface area contributed by atoms with Gasteiger partial charge in [-0.25, -0.2) is 0 Å². The maximum atomic E-state index is 11.0. The number of rotatable bonds is 2. The number of aliphatic carboxylic acids is 2. The number of carboxylic acid groups (broad SMARTS) is 2. The van der Waals surface area contributed by atoms with Gasteiger partial charge in [-0.3, -0.25) is 9.59 Å². The number of aliphatic hydroxyl groups excluding tert-OH is 1. The fourth-order valence-electron chi connectivity index (χ4n) is 2.89. The highest BCUT2D eigenvalue weighted by molar-refractivity contribution is 5.82. The van der Waals surface area contributed by atoms with Crippen LogP contribution in [0.25, 0.3) is 0 Å². The van der Waals surface area contributed by atoms with E-state index in [9.17, 15) is 14.7 Å². The first-order valence-electron chi connectivity index (χ1n) is 4.54. The highest BCUT2D eigenvalue weighted by atomic mass is 16.4. The van der Waals surface area contributed by atoms with E-state index in [-0.39, 0.29) is 12.3 Å². The van der Waals surface area contributed by atoms with Crippen molar-refractivity contribution < 1.29 is 24.9 Å². The van der Waals surface area contributed by atoms with Crippen molar-refractivity contribution in [3.8, 4) is 0 Å².